The third-order valence-electron chi connectivity index (χ3n) is 4.53. The lowest BCUT2D eigenvalue weighted by molar-refractivity contribution is 0.0238. The van der Waals surface area contributed by atoms with E-state index in [1.807, 2.05) is 0 Å². The molecule has 2 saturated heterocycles. The van der Waals surface area contributed by atoms with Gasteiger partial charge in [-0.15, -0.1) is 0 Å². The Labute approximate surface area is 124 Å². The topological polar surface area (TPSA) is 67.6 Å². The van der Waals surface area contributed by atoms with Crippen LogP contribution in [0.3, 0.4) is 0 Å². The average molecular weight is 293 g/mol. The summed E-state index contributed by atoms with van der Waals surface area (Å²) in [4.78, 5) is 18.6. The van der Waals surface area contributed by atoms with Crippen LogP contribution in [0.2, 0.25) is 0 Å². The summed E-state index contributed by atoms with van der Waals surface area (Å²) in [6.07, 6.45) is 5.59. The third-order valence-corrected chi connectivity index (χ3v) is 4.53. The molecular weight excluding hydrogens is 270 g/mol. The van der Waals surface area contributed by atoms with Gasteiger partial charge in [0.15, 0.2) is 12.1 Å². The summed E-state index contributed by atoms with van der Waals surface area (Å²) in [5.74, 6) is 0.456. The third kappa shape index (κ3) is 3.44. The van der Waals surface area contributed by atoms with Crippen LogP contribution in [-0.2, 0) is 4.74 Å². The van der Waals surface area contributed by atoms with Gasteiger partial charge in [0.2, 0.25) is 0 Å². The number of aryl methyl sites for hydroxylation is 1. The number of likely N-dealkylation sites (tertiary alicyclic amines) is 1. The van der Waals surface area contributed by atoms with Crippen LogP contribution in [0, 0.1) is 6.92 Å². The number of hydrogen-bond acceptors (Lipinski definition) is 5. The van der Waals surface area contributed by atoms with E-state index in [-0.39, 0.29) is 11.9 Å². The Morgan fingerprint density at radius 2 is 2.00 bits per heavy atom. The second-order valence-corrected chi connectivity index (χ2v) is 5.88. The first-order valence-corrected chi connectivity index (χ1v) is 7.77. The molecule has 21 heavy (non-hydrogen) atoms. The summed E-state index contributed by atoms with van der Waals surface area (Å²) < 4.78 is 10.5. The van der Waals surface area contributed by atoms with E-state index in [0.29, 0.717) is 17.5 Å². The molecular formula is C15H23N3O3. The monoisotopic (exact) mass is 293 g/mol. The highest BCUT2D eigenvalue weighted by molar-refractivity contribution is 5.93. The van der Waals surface area contributed by atoms with Gasteiger partial charge in [-0.1, -0.05) is 0 Å². The SMILES string of the molecule is Cc1ocnc1C(=O)NC1CCN(C2CCOCC2)CC1. The highest BCUT2D eigenvalue weighted by Gasteiger charge is 2.27. The lowest BCUT2D eigenvalue weighted by Gasteiger charge is -2.39. The molecule has 0 bridgehead atoms. The molecule has 2 fully saturated rings. The summed E-state index contributed by atoms with van der Waals surface area (Å²) in [6, 6.07) is 0.901. The minimum absolute atomic E-state index is 0.120. The highest BCUT2D eigenvalue weighted by Crippen LogP contribution is 2.20. The molecule has 1 aromatic heterocycles. The van der Waals surface area contributed by atoms with Crippen LogP contribution < -0.4 is 5.32 Å². The van der Waals surface area contributed by atoms with Crippen molar-refractivity contribution in [2.24, 2.45) is 0 Å². The zero-order valence-electron chi connectivity index (χ0n) is 12.5. The normalized spacial score (nSPS) is 22.3. The van der Waals surface area contributed by atoms with Crippen molar-refractivity contribution in [2.75, 3.05) is 26.3 Å². The first kappa shape index (κ1) is 14.5. The molecule has 1 aromatic rings. The second-order valence-electron chi connectivity index (χ2n) is 5.88. The summed E-state index contributed by atoms with van der Waals surface area (Å²) in [5, 5.41) is 3.07. The molecule has 0 unspecified atom stereocenters. The molecule has 0 radical (unpaired) electrons. The fraction of sp³-hybridized carbons (Fsp3) is 0.733. The van der Waals surface area contributed by atoms with Crippen molar-refractivity contribution >= 4 is 5.91 Å². The average Bonchev–Trinajstić information content (AvgIpc) is 2.95. The number of nitrogens with zero attached hydrogens (tertiary/aromatic N) is 2. The van der Waals surface area contributed by atoms with Crippen molar-refractivity contribution in [3.8, 4) is 0 Å². The van der Waals surface area contributed by atoms with Crippen LogP contribution in [0.15, 0.2) is 10.8 Å². The van der Waals surface area contributed by atoms with Crippen LogP contribution in [0.5, 0.6) is 0 Å². The fourth-order valence-corrected chi connectivity index (χ4v) is 3.24. The molecule has 0 spiro atoms. The number of oxazole rings is 1. The van der Waals surface area contributed by atoms with Gasteiger partial charge in [0.1, 0.15) is 5.76 Å². The van der Waals surface area contributed by atoms with Crippen molar-refractivity contribution in [3.63, 3.8) is 0 Å². The molecule has 0 atom stereocenters. The van der Waals surface area contributed by atoms with Gasteiger partial charge in [0, 0.05) is 38.4 Å². The fourth-order valence-electron chi connectivity index (χ4n) is 3.24. The Bertz CT molecular complexity index is 474. The van der Waals surface area contributed by atoms with Crippen LogP contribution in [0.25, 0.3) is 0 Å². The van der Waals surface area contributed by atoms with E-state index in [0.717, 1.165) is 52.0 Å². The molecule has 2 aliphatic heterocycles. The van der Waals surface area contributed by atoms with E-state index in [4.69, 9.17) is 9.15 Å². The van der Waals surface area contributed by atoms with Gasteiger partial charge in [-0.3, -0.25) is 4.79 Å². The molecule has 0 saturated carbocycles. The number of piperidine rings is 1. The molecule has 0 aliphatic carbocycles. The smallest absolute Gasteiger partial charge is 0.273 e. The molecule has 116 valence electrons. The summed E-state index contributed by atoms with van der Waals surface area (Å²) in [5.41, 5.74) is 0.404. The van der Waals surface area contributed by atoms with Gasteiger partial charge in [0.05, 0.1) is 0 Å². The van der Waals surface area contributed by atoms with Crippen molar-refractivity contribution in [1.29, 1.82) is 0 Å². The van der Waals surface area contributed by atoms with Gasteiger partial charge < -0.3 is 19.4 Å². The van der Waals surface area contributed by atoms with Crippen molar-refractivity contribution in [3.05, 3.63) is 17.8 Å². The Kier molecular flexibility index (Phi) is 4.55. The first-order valence-electron chi connectivity index (χ1n) is 7.77. The number of ether oxygens (including phenoxy) is 1. The number of carbonyl (C=O) groups is 1. The lowest BCUT2D eigenvalue weighted by Crippen LogP contribution is -2.49. The summed E-state index contributed by atoms with van der Waals surface area (Å²) in [6.45, 7) is 5.62. The molecule has 6 heteroatoms. The largest absolute Gasteiger partial charge is 0.448 e. The molecule has 1 N–H and O–H groups in total. The Hall–Kier alpha value is -1.40. The van der Waals surface area contributed by atoms with Crippen LogP contribution in [0.1, 0.15) is 41.9 Å². The standard InChI is InChI=1S/C15H23N3O3/c1-11-14(16-10-21-11)15(19)17-12-2-6-18(7-3-12)13-4-8-20-9-5-13/h10,12-13H,2-9H2,1H3,(H,17,19). The van der Waals surface area contributed by atoms with E-state index >= 15 is 0 Å². The predicted molar refractivity (Wildman–Crippen MR) is 77.1 cm³/mol. The Morgan fingerprint density at radius 1 is 1.29 bits per heavy atom. The van der Waals surface area contributed by atoms with E-state index in [1.54, 1.807) is 6.92 Å². The summed E-state index contributed by atoms with van der Waals surface area (Å²) >= 11 is 0. The second kappa shape index (κ2) is 6.58. The predicted octanol–water partition coefficient (Wildman–Crippen LogP) is 1.36. The number of nitrogens with one attached hydrogen (secondary N) is 1. The minimum atomic E-state index is -0.120. The molecule has 2 aliphatic rings. The zero-order valence-corrected chi connectivity index (χ0v) is 12.5. The van der Waals surface area contributed by atoms with Gasteiger partial charge in [-0.25, -0.2) is 4.98 Å². The number of hydrogen-bond donors (Lipinski definition) is 1. The number of aromatic nitrogens is 1. The maximum atomic E-state index is 12.1. The van der Waals surface area contributed by atoms with E-state index in [2.05, 4.69) is 15.2 Å². The highest BCUT2D eigenvalue weighted by atomic mass is 16.5. The number of amides is 1. The van der Waals surface area contributed by atoms with Crippen LogP contribution in [-0.4, -0.2) is 54.2 Å². The van der Waals surface area contributed by atoms with Gasteiger partial charge >= 0.3 is 0 Å². The number of rotatable bonds is 3. The lowest BCUT2D eigenvalue weighted by atomic mass is 9.99. The molecule has 1 amide bonds. The first-order chi connectivity index (χ1) is 10.2. The van der Waals surface area contributed by atoms with Crippen molar-refractivity contribution < 1.29 is 13.9 Å². The van der Waals surface area contributed by atoms with Crippen LogP contribution in [0.4, 0.5) is 0 Å². The molecule has 6 nitrogen and oxygen atoms in total. The van der Waals surface area contributed by atoms with Gasteiger partial charge in [-0.2, -0.15) is 0 Å². The van der Waals surface area contributed by atoms with Crippen LogP contribution >= 0.6 is 0 Å². The Morgan fingerprint density at radius 3 is 2.62 bits per heavy atom. The van der Waals surface area contributed by atoms with E-state index < -0.39 is 0 Å². The van der Waals surface area contributed by atoms with E-state index in [1.165, 1.54) is 6.39 Å². The van der Waals surface area contributed by atoms with Gasteiger partial charge in [0.25, 0.3) is 5.91 Å². The molecule has 3 heterocycles. The minimum Gasteiger partial charge on any atom is -0.448 e. The number of carbonyl (C=O) groups excluding carboxylic acids is 1. The quantitative estimate of drug-likeness (QED) is 0.911. The van der Waals surface area contributed by atoms with Crippen molar-refractivity contribution in [1.82, 2.24) is 15.2 Å². The van der Waals surface area contributed by atoms with Gasteiger partial charge in [-0.05, 0) is 32.6 Å². The summed E-state index contributed by atoms with van der Waals surface area (Å²) in [7, 11) is 0. The zero-order chi connectivity index (χ0) is 14.7. The molecule has 3 rings (SSSR count). The Balaban J connectivity index is 1.47. The van der Waals surface area contributed by atoms with Crippen molar-refractivity contribution in [2.45, 2.75) is 44.7 Å². The maximum Gasteiger partial charge on any atom is 0.273 e. The van der Waals surface area contributed by atoms with E-state index in [9.17, 15) is 4.79 Å². The molecule has 0 aromatic carbocycles. The maximum absolute atomic E-state index is 12.1.